The maximum Gasteiger partial charge on any atom is 0.227 e. The van der Waals surface area contributed by atoms with Crippen molar-refractivity contribution in [2.45, 2.75) is 25.3 Å². The van der Waals surface area contributed by atoms with Crippen LogP contribution in [0.5, 0.6) is 0 Å². The summed E-state index contributed by atoms with van der Waals surface area (Å²) in [6.45, 7) is 1.57. The Hall–Kier alpha value is -0.100. The molecule has 0 radical (unpaired) electrons. The minimum absolute atomic E-state index is 0. The molecule has 3 nitrogen and oxygen atoms in total. The largest absolute Gasteiger partial charge is 0.341 e. The Labute approximate surface area is 120 Å². The summed E-state index contributed by atoms with van der Waals surface area (Å²) in [5, 5.41) is 0. The summed E-state index contributed by atoms with van der Waals surface area (Å²) in [5.74, 6) is 0.199. The Morgan fingerprint density at radius 1 is 1.59 bits per heavy atom. The van der Waals surface area contributed by atoms with Crippen LogP contribution in [0.3, 0.4) is 0 Å². The van der Waals surface area contributed by atoms with Crippen LogP contribution in [0.1, 0.15) is 17.7 Å². The molecule has 2 rings (SSSR count). The van der Waals surface area contributed by atoms with Gasteiger partial charge in [-0.05, 0) is 40.9 Å². The summed E-state index contributed by atoms with van der Waals surface area (Å²) in [6, 6.07) is 4.14. The lowest BCUT2D eigenvalue weighted by Crippen LogP contribution is -2.46. The summed E-state index contributed by atoms with van der Waals surface area (Å²) >= 11 is 5.02. The van der Waals surface area contributed by atoms with E-state index in [-0.39, 0.29) is 24.4 Å². The van der Waals surface area contributed by atoms with Crippen molar-refractivity contribution in [3.8, 4) is 0 Å². The van der Waals surface area contributed by atoms with E-state index in [1.54, 1.807) is 11.3 Å². The van der Waals surface area contributed by atoms with E-state index in [0.29, 0.717) is 13.0 Å². The van der Waals surface area contributed by atoms with Crippen LogP contribution in [-0.2, 0) is 11.2 Å². The van der Waals surface area contributed by atoms with Crippen molar-refractivity contribution in [2.75, 3.05) is 13.1 Å². The second-order valence-corrected chi connectivity index (χ2v) is 6.67. The van der Waals surface area contributed by atoms with Gasteiger partial charge in [-0.1, -0.05) is 0 Å². The minimum atomic E-state index is 0. The highest BCUT2D eigenvalue weighted by Gasteiger charge is 2.21. The molecule has 2 N–H and O–H groups in total. The normalized spacial score (nSPS) is 19.9. The molecule has 1 aromatic heterocycles. The lowest BCUT2D eigenvalue weighted by atomic mass is 10.1. The highest BCUT2D eigenvalue weighted by atomic mass is 79.9. The average Bonchev–Trinajstić information content (AvgIpc) is 2.64. The number of carbonyl (C=O) groups is 1. The first-order chi connectivity index (χ1) is 7.65. The van der Waals surface area contributed by atoms with Gasteiger partial charge in [-0.2, -0.15) is 0 Å². The Morgan fingerprint density at radius 2 is 2.35 bits per heavy atom. The van der Waals surface area contributed by atoms with Crippen LogP contribution in [-0.4, -0.2) is 29.9 Å². The van der Waals surface area contributed by atoms with Gasteiger partial charge in [0.1, 0.15) is 0 Å². The third-order valence-electron chi connectivity index (χ3n) is 2.76. The molecule has 1 fully saturated rings. The first-order valence-electron chi connectivity index (χ1n) is 5.43. The smallest absolute Gasteiger partial charge is 0.227 e. The Morgan fingerprint density at radius 3 is 2.94 bits per heavy atom. The molecule has 1 saturated heterocycles. The van der Waals surface area contributed by atoms with E-state index in [2.05, 4.69) is 15.9 Å². The van der Waals surface area contributed by atoms with Crippen LogP contribution < -0.4 is 5.73 Å². The summed E-state index contributed by atoms with van der Waals surface area (Å²) in [6.07, 6.45) is 2.57. The molecule has 0 aromatic carbocycles. The zero-order valence-corrected chi connectivity index (χ0v) is 12.6. The second-order valence-electron chi connectivity index (χ2n) is 4.12. The summed E-state index contributed by atoms with van der Waals surface area (Å²) in [4.78, 5) is 15.0. The van der Waals surface area contributed by atoms with E-state index in [0.717, 1.165) is 28.0 Å². The lowest BCUT2D eigenvalue weighted by Gasteiger charge is -2.30. The number of carbonyl (C=O) groups excluding carboxylic acids is 1. The van der Waals surface area contributed by atoms with Crippen molar-refractivity contribution >= 4 is 45.6 Å². The van der Waals surface area contributed by atoms with Gasteiger partial charge < -0.3 is 10.6 Å². The van der Waals surface area contributed by atoms with Gasteiger partial charge in [-0.3, -0.25) is 4.79 Å². The molecular weight excluding hydrogens is 324 g/mol. The van der Waals surface area contributed by atoms with E-state index in [1.165, 1.54) is 0 Å². The lowest BCUT2D eigenvalue weighted by molar-refractivity contribution is -0.131. The molecule has 0 saturated carbocycles. The van der Waals surface area contributed by atoms with Gasteiger partial charge in [-0.25, -0.2) is 0 Å². The van der Waals surface area contributed by atoms with Crippen LogP contribution in [0.4, 0.5) is 0 Å². The van der Waals surface area contributed by atoms with Crippen molar-refractivity contribution < 1.29 is 4.79 Å². The zero-order valence-electron chi connectivity index (χ0n) is 9.39. The number of piperidine rings is 1. The first kappa shape index (κ1) is 15.0. The standard InChI is InChI=1S/C11H15BrN2OS.ClH/c12-10-4-3-9(16-10)6-11(15)14-5-1-2-8(13)7-14;/h3-4,8H,1-2,5-7,13H2;1H. The van der Waals surface area contributed by atoms with E-state index >= 15 is 0 Å². The fraction of sp³-hybridized carbons (Fsp3) is 0.545. The molecule has 0 aliphatic carbocycles. The maximum atomic E-state index is 12.0. The number of hydrogen-bond acceptors (Lipinski definition) is 3. The molecule has 0 spiro atoms. The van der Waals surface area contributed by atoms with Crippen LogP contribution in [0.25, 0.3) is 0 Å². The third kappa shape index (κ3) is 4.25. The number of amides is 1. The number of likely N-dealkylation sites (tertiary alicyclic amines) is 1. The van der Waals surface area contributed by atoms with Gasteiger partial charge in [0.05, 0.1) is 10.2 Å². The fourth-order valence-corrected chi connectivity index (χ4v) is 3.42. The van der Waals surface area contributed by atoms with Crippen LogP contribution in [0.2, 0.25) is 0 Å². The van der Waals surface area contributed by atoms with Gasteiger partial charge in [-0.15, -0.1) is 23.7 Å². The Kier molecular flexibility index (Phi) is 5.92. The van der Waals surface area contributed by atoms with Gasteiger partial charge >= 0.3 is 0 Å². The maximum absolute atomic E-state index is 12.0. The van der Waals surface area contributed by atoms with E-state index in [4.69, 9.17) is 5.73 Å². The van der Waals surface area contributed by atoms with Crippen LogP contribution in [0, 0.1) is 0 Å². The van der Waals surface area contributed by atoms with Crippen molar-refractivity contribution in [2.24, 2.45) is 5.73 Å². The molecule has 6 heteroatoms. The second kappa shape index (κ2) is 6.73. The molecule has 1 unspecified atom stereocenters. The molecule has 1 atom stereocenters. The molecule has 1 aromatic rings. The Balaban J connectivity index is 0.00000144. The summed E-state index contributed by atoms with van der Waals surface area (Å²) < 4.78 is 1.07. The molecule has 1 aliphatic rings. The highest BCUT2D eigenvalue weighted by molar-refractivity contribution is 9.11. The monoisotopic (exact) mass is 338 g/mol. The van der Waals surface area contributed by atoms with Crippen molar-refractivity contribution in [3.05, 3.63) is 20.8 Å². The predicted octanol–water partition coefficient (Wildman–Crippen LogP) is 2.42. The topological polar surface area (TPSA) is 46.3 Å². The van der Waals surface area contributed by atoms with Gasteiger partial charge in [0.2, 0.25) is 5.91 Å². The third-order valence-corrected chi connectivity index (χ3v) is 4.39. The number of nitrogens with zero attached hydrogens (tertiary/aromatic N) is 1. The molecule has 2 heterocycles. The zero-order chi connectivity index (χ0) is 11.5. The fourth-order valence-electron chi connectivity index (χ4n) is 1.94. The van der Waals surface area contributed by atoms with Crippen molar-refractivity contribution in [3.63, 3.8) is 0 Å². The Bertz CT molecular complexity index is 385. The number of thiophene rings is 1. The highest BCUT2D eigenvalue weighted by Crippen LogP contribution is 2.23. The molecule has 1 amide bonds. The number of halogens is 2. The molecule has 96 valence electrons. The predicted molar refractivity (Wildman–Crippen MR) is 76.8 cm³/mol. The van der Waals surface area contributed by atoms with Gasteiger partial charge in [0.25, 0.3) is 0 Å². The van der Waals surface area contributed by atoms with Crippen molar-refractivity contribution in [1.29, 1.82) is 0 Å². The number of nitrogens with two attached hydrogens (primary N) is 1. The van der Waals surface area contributed by atoms with Crippen LogP contribution >= 0.6 is 39.7 Å². The van der Waals surface area contributed by atoms with Crippen molar-refractivity contribution in [1.82, 2.24) is 4.90 Å². The van der Waals surface area contributed by atoms with Gasteiger partial charge in [0.15, 0.2) is 0 Å². The average molecular weight is 340 g/mol. The number of hydrogen-bond donors (Lipinski definition) is 1. The molecular formula is C11H16BrClN2OS. The van der Waals surface area contributed by atoms with E-state index in [1.807, 2.05) is 17.0 Å². The number of rotatable bonds is 2. The summed E-state index contributed by atoms with van der Waals surface area (Å²) in [5.41, 5.74) is 5.86. The van der Waals surface area contributed by atoms with E-state index in [9.17, 15) is 4.79 Å². The molecule has 1 aliphatic heterocycles. The SMILES string of the molecule is Cl.NC1CCCN(C(=O)Cc2ccc(Br)s2)C1. The van der Waals surface area contributed by atoms with E-state index < -0.39 is 0 Å². The summed E-state index contributed by atoms with van der Waals surface area (Å²) in [7, 11) is 0. The first-order valence-corrected chi connectivity index (χ1v) is 7.03. The van der Waals surface area contributed by atoms with Gasteiger partial charge in [0, 0.05) is 24.0 Å². The molecule has 0 bridgehead atoms. The van der Waals surface area contributed by atoms with Crippen LogP contribution in [0.15, 0.2) is 15.9 Å². The minimum Gasteiger partial charge on any atom is -0.341 e. The molecule has 17 heavy (non-hydrogen) atoms. The quantitative estimate of drug-likeness (QED) is 0.899.